The Morgan fingerprint density at radius 2 is 1.32 bits per heavy atom. The summed E-state index contributed by atoms with van der Waals surface area (Å²) in [6.07, 6.45) is 3.45. The molecule has 1 heterocycles. The monoisotopic (exact) mass is 611 g/mol. The first-order chi connectivity index (χ1) is 21.0. The number of nitrogens with zero attached hydrogens (tertiary/aromatic N) is 1. The lowest BCUT2D eigenvalue weighted by Crippen LogP contribution is -2.44. The van der Waals surface area contributed by atoms with Gasteiger partial charge in [-0.2, -0.15) is 0 Å². The van der Waals surface area contributed by atoms with E-state index >= 15 is 0 Å². The summed E-state index contributed by atoms with van der Waals surface area (Å²) in [5.74, 6) is -3.01. The van der Waals surface area contributed by atoms with Gasteiger partial charge in [0.25, 0.3) is 0 Å². The Hall–Kier alpha value is -4.61. The number of methoxy groups -OCH3 is 1. The third kappa shape index (κ3) is 9.72. The fraction of sp³-hybridized carbons (Fsp3) is 0.303. The number of ether oxygens (including phenoxy) is 2. The first kappa shape index (κ1) is 33.9. The molecule has 234 valence electrons. The summed E-state index contributed by atoms with van der Waals surface area (Å²) in [7, 11) is 1.35. The van der Waals surface area contributed by atoms with Crippen molar-refractivity contribution in [2.45, 2.75) is 24.9 Å². The summed E-state index contributed by atoms with van der Waals surface area (Å²) in [4.78, 5) is 33.0. The molecule has 0 unspecified atom stereocenters. The minimum Gasteiger partial charge on any atom is -0.494 e. The van der Waals surface area contributed by atoms with Gasteiger partial charge >= 0.3 is 17.9 Å². The average molecular weight is 612 g/mol. The number of aliphatic carboxylic acids is 2. The molecule has 0 aliphatic carbocycles. The van der Waals surface area contributed by atoms with E-state index in [1.807, 2.05) is 0 Å². The van der Waals surface area contributed by atoms with E-state index in [4.69, 9.17) is 19.7 Å². The number of carbonyl (C=O) groups excluding carboxylic acids is 1. The number of aliphatic hydroxyl groups is 1. The minimum atomic E-state index is -1.33. The normalized spacial score (nSPS) is 14.0. The second-order valence-corrected chi connectivity index (χ2v) is 10.1. The zero-order valence-electron chi connectivity index (χ0n) is 24.2. The van der Waals surface area contributed by atoms with Crippen LogP contribution in [0.15, 0.2) is 84.9 Å². The van der Waals surface area contributed by atoms with E-state index in [2.05, 4.69) is 4.90 Å². The fourth-order valence-corrected chi connectivity index (χ4v) is 5.05. The number of carboxylic acid groups (broad SMARTS) is 2. The molecule has 1 aliphatic rings. The SMILES string of the molecule is COC(=O)c1ccc(OCCCN2CCC(C(O)(c3ccc(F)cc3)c3ccc(F)cc3)CC2)cc1.O=C(O)C=CC(=O)O. The second kappa shape index (κ2) is 16.3. The maximum absolute atomic E-state index is 13.6. The predicted molar refractivity (Wildman–Crippen MR) is 157 cm³/mol. The summed E-state index contributed by atoms with van der Waals surface area (Å²) in [5, 5.41) is 27.6. The largest absolute Gasteiger partial charge is 0.494 e. The third-order valence-electron chi connectivity index (χ3n) is 7.28. The fourth-order valence-electron chi connectivity index (χ4n) is 5.05. The number of hydrogen-bond acceptors (Lipinski definition) is 7. The third-order valence-corrected chi connectivity index (χ3v) is 7.28. The molecule has 11 heteroatoms. The van der Waals surface area contributed by atoms with Gasteiger partial charge in [-0.1, -0.05) is 24.3 Å². The predicted octanol–water partition coefficient (Wildman–Crippen LogP) is 4.88. The molecule has 0 atom stereocenters. The summed E-state index contributed by atoms with van der Waals surface area (Å²) in [6, 6.07) is 18.7. The van der Waals surface area contributed by atoms with Gasteiger partial charge in [0.1, 0.15) is 23.0 Å². The molecule has 1 aliphatic heterocycles. The Labute approximate surface area is 254 Å². The van der Waals surface area contributed by atoms with E-state index in [1.165, 1.54) is 31.4 Å². The smallest absolute Gasteiger partial charge is 0.337 e. The van der Waals surface area contributed by atoms with Crippen molar-refractivity contribution in [3.63, 3.8) is 0 Å². The zero-order chi connectivity index (χ0) is 32.1. The van der Waals surface area contributed by atoms with Crippen LogP contribution in [0.4, 0.5) is 8.78 Å². The van der Waals surface area contributed by atoms with Crippen LogP contribution in [0.5, 0.6) is 5.75 Å². The Bertz CT molecular complexity index is 1340. The zero-order valence-corrected chi connectivity index (χ0v) is 24.2. The van der Waals surface area contributed by atoms with Crippen LogP contribution >= 0.6 is 0 Å². The van der Waals surface area contributed by atoms with Crippen molar-refractivity contribution >= 4 is 17.9 Å². The Kier molecular flexibility index (Phi) is 12.5. The number of halogens is 2. The number of benzene rings is 3. The summed E-state index contributed by atoms with van der Waals surface area (Å²) < 4.78 is 37.6. The van der Waals surface area contributed by atoms with Gasteiger partial charge in [0, 0.05) is 18.7 Å². The van der Waals surface area contributed by atoms with Crippen molar-refractivity contribution in [3.8, 4) is 5.75 Å². The number of likely N-dealkylation sites (tertiary alicyclic amines) is 1. The molecule has 0 aromatic heterocycles. The molecule has 1 saturated heterocycles. The van der Waals surface area contributed by atoms with E-state index < -0.39 is 17.5 Å². The van der Waals surface area contributed by atoms with Crippen molar-refractivity contribution in [2.24, 2.45) is 5.92 Å². The molecule has 4 rings (SSSR count). The Balaban J connectivity index is 0.000000583. The van der Waals surface area contributed by atoms with E-state index in [1.54, 1.807) is 48.5 Å². The average Bonchev–Trinajstić information content (AvgIpc) is 3.03. The number of carbonyl (C=O) groups is 3. The van der Waals surface area contributed by atoms with E-state index in [9.17, 15) is 28.3 Å². The molecule has 1 fully saturated rings. The minimum absolute atomic E-state index is 0.0887. The van der Waals surface area contributed by atoms with Gasteiger partial charge in [0.2, 0.25) is 0 Å². The maximum Gasteiger partial charge on any atom is 0.337 e. The lowest BCUT2D eigenvalue weighted by molar-refractivity contribution is -0.134. The summed E-state index contributed by atoms with van der Waals surface area (Å²) in [6.45, 7) is 3.03. The van der Waals surface area contributed by atoms with Crippen LogP contribution in [0, 0.1) is 17.6 Å². The molecular weight excluding hydrogens is 576 g/mol. The highest BCUT2D eigenvalue weighted by atomic mass is 19.1. The van der Waals surface area contributed by atoms with Gasteiger partial charge in [-0.15, -0.1) is 0 Å². The quantitative estimate of drug-likeness (QED) is 0.158. The van der Waals surface area contributed by atoms with Crippen LogP contribution in [0.1, 0.15) is 40.7 Å². The van der Waals surface area contributed by atoms with Crippen LogP contribution in [0.2, 0.25) is 0 Å². The topological polar surface area (TPSA) is 134 Å². The molecule has 3 aromatic carbocycles. The molecule has 3 aromatic rings. The van der Waals surface area contributed by atoms with Gasteiger partial charge in [0.15, 0.2) is 0 Å². The molecule has 3 N–H and O–H groups in total. The first-order valence-electron chi connectivity index (χ1n) is 13.9. The van der Waals surface area contributed by atoms with Gasteiger partial charge in [-0.3, -0.25) is 0 Å². The molecule has 0 saturated carbocycles. The van der Waals surface area contributed by atoms with E-state index in [0.717, 1.165) is 38.9 Å². The van der Waals surface area contributed by atoms with Gasteiger partial charge in [0.05, 0.1) is 19.3 Å². The van der Waals surface area contributed by atoms with Crippen molar-refractivity contribution in [1.82, 2.24) is 4.90 Å². The second-order valence-electron chi connectivity index (χ2n) is 10.1. The summed E-state index contributed by atoms with van der Waals surface area (Å²) >= 11 is 0. The van der Waals surface area contributed by atoms with Crippen LogP contribution in [0.25, 0.3) is 0 Å². The lowest BCUT2D eigenvalue weighted by Gasteiger charge is -2.42. The van der Waals surface area contributed by atoms with Crippen molar-refractivity contribution in [2.75, 3.05) is 33.4 Å². The van der Waals surface area contributed by atoms with Gasteiger partial charge < -0.3 is 29.7 Å². The highest BCUT2D eigenvalue weighted by Gasteiger charge is 2.41. The van der Waals surface area contributed by atoms with Crippen molar-refractivity contribution in [3.05, 3.63) is 113 Å². The molecular formula is C33H35F2NO8. The molecule has 0 radical (unpaired) electrons. The number of esters is 1. The number of hydrogen-bond donors (Lipinski definition) is 3. The number of rotatable bonds is 11. The number of carboxylic acids is 2. The lowest BCUT2D eigenvalue weighted by atomic mass is 9.72. The first-order valence-corrected chi connectivity index (χ1v) is 13.9. The van der Waals surface area contributed by atoms with Gasteiger partial charge in [-0.05, 0) is 97.9 Å². The molecule has 0 amide bonds. The van der Waals surface area contributed by atoms with Crippen molar-refractivity contribution < 1.29 is 48.0 Å². The standard InChI is InChI=1S/C29H31F2NO4.C4H4O4/c1-35-28(33)21-3-13-27(14-4-21)36-20-2-17-32-18-15-24(16-19-32)29(34,22-5-9-25(30)10-6-22)23-7-11-26(31)12-8-23;5-3(6)1-2-4(7)8/h3-14,24,34H,2,15-20H2,1H3;1-2H,(H,5,6)(H,7,8). The molecule has 0 spiro atoms. The molecule has 9 nitrogen and oxygen atoms in total. The van der Waals surface area contributed by atoms with E-state index in [0.29, 0.717) is 41.2 Å². The van der Waals surface area contributed by atoms with Crippen LogP contribution < -0.4 is 4.74 Å². The summed E-state index contributed by atoms with van der Waals surface area (Å²) in [5.41, 5.74) is 0.377. The highest BCUT2D eigenvalue weighted by Crippen LogP contribution is 2.42. The maximum atomic E-state index is 13.6. The van der Waals surface area contributed by atoms with Crippen LogP contribution in [0.3, 0.4) is 0 Å². The Morgan fingerprint density at radius 3 is 1.75 bits per heavy atom. The van der Waals surface area contributed by atoms with Gasteiger partial charge in [-0.25, -0.2) is 23.2 Å². The molecule has 44 heavy (non-hydrogen) atoms. The van der Waals surface area contributed by atoms with Crippen molar-refractivity contribution in [1.29, 1.82) is 0 Å². The Morgan fingerprint density at radius 1 is 0.841 bits per heavy atom. The number of piperidine rings is 1. The highest BCUT2D eigenvalue weighted by molar-refractivity contribution is 5.90. The van der Waals surface area contributed by atoms with E-state index in [-0.39, 0.29) is 23.5 Å². The van der Waals surface area contributed by atoms with Crippen LogP contribution in [-0.2, 0) is 19.9 Å². The van der Waals surface area contributed by atoms with Crippen LogP contribution in [-0.4, -0.2) is 71.5 Å². The molecule has 0 bridgehead atoms.